The second kappa shape index (κ2) is 8.42. The van der Waals surface area contributed by atoms with Crippen molar-refractivity contribution in [2.75, 3.05) is 37.0 Å². The predicted molar refractivity (Wildman–Crippen MR) is 101 cm³/mol. The van der Waals surface area contributed by atoms with Crippen LogP contribution in [0, 0.1) is 12.7 Å². The Kier molecular flexibility index (Phi) is 6.00. The summed E-state index contributed by atoms with van der Waals surface area (Å²) in [6.07, 6.45) is 3.45. The number of hydrogen-bond donors (Lipinski definition) is 2. The van der Waals surface area contributed by atoms with Crippen molar-refractivity contribution in [2.24, 2.45) is 5.73 Å². The summed E-state index contributed by atoms with van der Waals surface area (Å²) in [5.41, 5.74) is 7.99. The molecule has 140 valence electrons. The van der Waals surface area contributed by atoms with Crippen LogP contribution in [-0.2, 0) is 11.2 Å². The van der Waals surface area contributed by atoms with Gasteiger partial charge in [-0.2, -0.15) is 0 Å². The molecule has 1 saturated heterocycles. The van der Waals surface area contributed by atoms with Crippen molar-refractivity contribution in [1.29, 1.82) is 0 Å². The summed E-state index contributed by atoms with van der Waals surface area (Å²) < 4.78 is 18.7. The van der Waals surface area contributed by atoms with E-state index in [-0.39, 0.29) is 18.0 Å². The van der Waals surface area contributed by atoms with E-state index >= 15 is 0 Å². The molecule has 1 aromatic heterocycles. The van der Waals surface area contributed by atoms with Gasteiger partial charge in [0, 0.05) is 38.9 Å². The Morgan fingerprint density at radius 1 is 1.35 bits per heavy atom. The molecule has 6 nitrogen and oxygen atoms in total. The summed E-state index contributed by atoms with van der Waals surface area (Å²) in [5.74, 6) is 1.43. The Morgan fingerprint density at radius 2 is 2.19 bits per heavy atom. The fourth-order valence-electron chi connectivity index (χ4n) is 3.41. The molecule has 0 spiro atoms. The van der Waals surface area contributed by atoms with E-state index in [2.05, 4.69) is 20.2 Å². The average Bonchev–Trinajstić information content (AvgIpc) is 3.07. The molecular weight excluding hydrogens is 333 g/mol. The summed E-state index contributed by atoms with van der Waals surface area (Å²) in [6.45, 7) is 3.98. The number of anilines is 2. The van der Waals surface area contributed by atoms with E-state index < -0.39 is 0 Å². The van der Waals surface area contributed by atoms with E-state index in [1.54, 1.807) is 19.5 Å². The molecule has 0 amide bonds. The first-order valence-electron chi connectivity index (χ1n) is 8.91. The van der Waals surface area contributed by atoms with Crippen LogP contribution in [-0.4, -0.2) is 48.9 Å². The van der Waals surface area contributed by atoms with E-state index in [0.29, 0.717) is 13.1 Å². The summed E-state index contributed by atoms with van der Waals surface area (Å²) in [6, 6.07) is 7.06. The lowest BCUT2D eigenvalue weighted by Gasteiger charge is -2.24. The zero-order valence-corrected chi connectivity index (χ0v) is 15.3. The monoisotopic (exact) mass is 359 g/mol. The van der Waals surface area contributed by atoms with Gasteiger partial charge in [0.1, 0.15) is 23.8 Å². The van der Waals surface area contributed by atoms with Crippen molar-refractivity contribution in [3.05, 3.63) is 47.5 Å². The Morgan fingerprint density at radius 3 is 2.92 bits per heavy atom. The van der Waals surface area contributed by atoms with E-state index in [4.69, 9.17) is 10.5 Å². The summed E-state index contributed by atoms with van der Waals surface area (Å²) in [7, 11) is 1.73. The summed E-state index contributed by atoms with van der Waals surface area (Å²) >= 11 is 0. The van der Waals surface area contributed by atoms with Crippen molar-refractivity contribution in [1.82, 2.24) is 9.97 Å². The standard InChI is InChI=1S/C19H26FN5O/c1-13-7-15(20)4-3-14(13)5-6-22-18-9-19(24-12-23-18)25-11-17(26-2)8-16(25)10-21/h3-4,7,9,12,16-17H,5-6,8,10-11,21H2,1-2H3,(H,22,23,24)/t16-,17-/m0/s1. The molecule has 2 heterocycles. The number of halogens is 1. The Balaban J connectivity index is 1.62. The highest BCUT2D eigenvalue weighted by atomic mass is 19.1. The molecular formula is C19H26FN5O. The second-order valence-corrected chi connectivity index (χ2v) is 6.64. The normalized spacial score (nSPS) is 19.8. The second-order valence-electron chi connectivity index (χ2n) is 6.64. The van der Waals surface area contributed by atoms with Gasteiger partial charge in [0.2, 0.25) is 0 Å². The van der Waals surface area contributed by atoms with Gasteiger partial charge in [-0.15, -0.1) is 0 Å². The zero-order chi connectivity index (χ0) is 18.5. The van der Waals surface area contributed by atoms with Crippen molar-refractivity contribution in [2.45, 2.75) is 31.9 Å². The number of nitrogens with two attached hydrogens (primary N) is 1. The van der Waals surface area contributed by atoms with Gasteiger partial charge in [0.05, 0.1) is 6.10 Å². The number of benzene rings is 1. The highest BCUT2D eigenvalue weighted by Gasteiger charge is 2.32. The van der Waals surface area contributed by atoms with Crippen LogP contribution in [0.2, 0.25) is 0 Å². The molecule has 7 heteroatoms. The highest BCUT2D eigenvalue weighted by molar-refractivity contribution is 5.50. The lowest BCUT2D eigenvalue weighted by molar-refractivity contribution is 0.118. The molecule has 1 aliphatic heterocycles. The Hall–Kier alpha value is -2.25. The summed E-state index contributed by atoms with van der Waals surface area (Å²) in [5, 5.41) is 3.32. The minimum absolute atomic E-state index is 0.177. The van der Waals surface area contributed by atoms with E-state index in [0.717, 1.165) is 42.1 Å². The fraction of sp³-hybridized carbons (Fsp3) is 0.474. The van der Waals surface area contributed by atoms with Crippen molar-refractivity contribution in [3.63, 3.8) is 0 Å². The van der Waals surface area contributed by atoms with Crippen LogP contribution in [0.1, 0.15) is 17.5 Å². The number of nitrogens with one attached hydrogen (secondary N) is 1. The first-order chi connectivity index (χ1) is 12.6. The van der Waals surface area contributed by atoms with E-state index in [9.17, 15) is 4.39 Å². The maximum absolute atomic E-state index is 13.2. The SMILES string of the molecule is CO[C@H]1C[C@@H](CN)N(c2cc(NCCc3ccc(F)cc3C)ncn2)C1. The maximum atomic E-state index is 13.2. The molecule has 3 N–H and O–H groups in total. The molecule has 2 aromatic rings. The van der Waals surface area contributed by atoms with Gasteiger partial charge in [-0.05, 0) is 43.0 Å². The third-order valence-electron chi connectivity index (χ3n) is 4.93. The average molecular weight is 359 g/mol. The zero-order valence-electron chi connectivity index (χ0n) is 15.3. The lowest BCUT2D eigenvalue weighted by atomic mass is 10.1. The molecule has 3 rings (SSSR count). The van der Waals surface area contributed by atoms with Crippen molar-refractivity contribution < 1.29 is 9.13 Å². The number of hydrogen-bond acceptors (Lipinski definition) is 6. The Labute approximate surface area is 153 Å². The summed E-state index contributed by atoms with van der Waals surface area (Å²) in [4.78, 5) is 10.9. The number of rotatable bonds is 7. The van der Waals surface area contributed by atoms with Crippen LogP contribution >= 0.6 is 0 Å². The first-order valence-corrected chi connectivity index (χ1v) is 8.91. The molecule has 0 radical (unpaired) electrons. The largest absolute Gasteiger partial charge is 0.380 e. The van der Waals surface area contributed by atoms with Crippen molar-refractivity contribution in [3.8, 4) is 0 Å². The van der Waals surface area contributed by atoms with Crippen LogP contribution in [0.3, 0.4) is 0 Å². The lowest BCUT2D eigenvalue weighted by Crippen LogP contribution is -2.36. The molecule has 0 saturated carbocycles. The maximum Gasteiger partial charge on any atom is 0.134 e. The topological polar surface area (TPSA) is 76.3 Å². The highest BCUT2D eigenvalue weighted by Crippen LogP contribution is 2.26. The quantitative estimate of drug-likeness (QED) is 0.789. The fourth-order valence-corrected chi connectivity index (χ4v) is 3.41. The van der Waals surface area contributed by atoms with Gasteiger partial charge in [-0.1, -0.05) is 6.07 Å². The van der Waals surface area contributed by atoms with Gasteiger partial charge in [0.15, 0.2) is 0 Å². The molecule has 2 atom stereocenters. The van der Waals surface area contributed by atoms with Crippen LogP contribution < -0.4 is 16.0 Å². The smallest absolute Gasteiger partial charge is 0.134 e. The molecule has 1 aromatic carbocycles. The molecule has 1 fully saturated rings. The molecule has 0 aliphatic carbocycles. The first kappa shape index (κ1) is 18.5. The van der Waals surface area contributed by atoms with Gasteiger partial charge in [-0.25, -0.2) is 14.4 Å². The number of aromatic nitrogens is 2. The number of nitrogens with zero attached hydrogens (tertiary/aromatic N) is 3. The van der Waals surface area contributed by atoms with Gasteiger partial charge in [-0.3, -0.25) is 0 Å². The minimum Gasteiger partial charge on any atom is -0.380 e. The molecule has 1 aliphatic rings. The van der Waals surface area contributed by atoms with Crippen LogP contribution in [0.15, 0.2) is 30.6 Å². The van der Waals surface area contributed by atoms with Crippen molar-refractivity contribution >= 4 is 11.6 Å². The van der Waals surface area contributed by atoms with E-state index in [1.807, 2.05) is 19.1 Å². The van der Waals surface area contributed by atoms with Crippen LogP contribution in [0.25, 0.3) is 0 Å². The van der Waals surface area contributed by atoms with Gasteiger partial charge < -0.3 is 20.7 Å². The number of ether oxygens (including phenoxy) is 1. The third-order valence-corrected chi connectivity index (χ3v) is 4.93. The van der Waals surface area contributed by atoms with Crippen LogP contribution in [0.5, 0.6) is 0 Å². The number of methoxy groups -OCH3 is 1. The third kappa shape index (κ3) is 4.28. The predicted octanol–water partition coefficient (Wildman–Crippen LogP) is 2.13. The minimum atomic E-state index is -0.200. The molecule has 0 unspecified atom stereocenters. The van der Waals surface area contributed by atoms with Gasteiger partial charge in [0.25, 0.3) is 0 Å². The Bertz CT molecular complexity index is 742. The molecule has 0 bridgehead atoms. The number of aryl methyl sites for hydroxylation is 1. The molecule has 26 heavy (non-hydrogen) atoms. The van der Waals surface area contributed by atoms with E-state index in [1.165, 1.54) is 6.07 Å². The van der Waals surface area contributed by atoms with Crippen LogP contribution in [0.4, 0.5) is 16.0 Å². The van der Waals surface area contributed by atoms with Gasteiger partial charge >= 0.3 is 0 Å².